The van der Waals surface area contributed by atoms with Crippen LogP contribution in [0.3, 0.4) is 0 Å². The monoisotopic (exact) mass is 178 g/mol. The van der Waals surface area contributed by atoms with Gasteiger partial charge in [0.25, 0.3) is 0 Å². The van der Waals surface area contributed by atoms with E-state index in [1.54, 1.807) is 0 Å². The maximum absolute atomic E-state index is 10.0. The van der Waals surface area contributed by atoms with Crippen molar-refractivity contribution in [3.63, 3.8) is 0 Å². The fourth-order valence-corrected chi connectivity index (χ4v) is 0.687. The summed E-state index contributed by atoms with van der Waals surface area (Å²) in [6.45, 7) is 0. The number of hydrogen-bond donors (Lipinski definition) is 0. The van der Waals surface area contributed by atoms with Crippen LogP contribution in [0.15, 0.2) is 12.1 Å². The number of carbonyl (C=O) groups is 1. The topological polar surface area (TPSA) is 65.9 Å². The van der Waals surface area contributed by atoms with Gasteiger partial charge in [0.15, 0.2) is 5.15 Å². The molecule has 1 aromatic rings. The quantitative estimate of drug-likeness (QED) is 0.440. The smallest absolute Gasteiger partial charge is 0.550 e. The van der Waals surface area contributed by atoms with Gasteiger partial charge in [-0.2, -0.15) is 5.10 Å². The van der Waals surface area contributed by atoms with E-state index in [4.69, 9.17) is 11.6 Å². The van der Waals surface area contributed by atoms with E-state index in [0.717, 1.165) is 0 Å². The average molecular weight is 179 g/mol. The summed E-state index contributed by atoms with van der Waals surface area (Å²) in [6, 6.07) is 2.97. The zero-order valence-corrected chi connectivity index (χ0v) is 7.21. The molecule has 0 fully saturated rings. The Kier molecular flexibility index (Phi) is 4.91. The molecular weight excluding hydrogens is 174 g/mol. The van der Waals surface area contributed by atoms with E-state index < -0.39 is 5.97 Å². The van der Waals surface area contributed by atoms with Gasteiger partial charge >= 0.3 is 18.9 Å². The zero-order chi connectivity index (χ0) is 8.27. The predicted octanol–water partition coefficient (Wildman–Crippen LogP) is -3.57. The van der Waals surface area contributed by atoms with E-state index in [9.17, 15) is 9.90 Å². The molecule has 0 bridgehead atoms. The van der Waals surface area contributed by atoms with Crippen LogP contribution >= 0.6 is 11.6 Å². The molecule has 0 unspecified atom stereocenters. The standard InChI is InChI=1S/C6H5ClN2O2.Li/c7-5-2-1-4(8-9-5)3-6(10)11;/h1-2H,3H2,(H,10,11);/q;+1/p-1. The van der Waals surface area contributed by atoms with Gasteiger partial charge in [-0.25, -0.2) is 0 Å². The molecule has 1 heterocycles. The Morgan fingerprint density at radius 2 is 2.17 bits per heavy atom. The molecule has 1 aromatic heterocycles. The summed E-state index contributed by atoms with van der Waals surface area (Å²) in [6.07, 6.45) is -0.232. The second-order valence-corrected chi connectivity index (χ2v) is 2.28. The van der Waals surface area contributed by atoms with Crippen molar-refractivity contribution in [1.82, 2.24) is 10.2 Å². The number of aliphatic carboxylic acids is 1. The molecule has 0 aromatic carbocycles. The van der Waals surface area contributed by atoms with Gasteiger partial charge in [-0.05, 0) is 12.1 Å². The molecule has 0 radical (unpaired) electrons. The van der Waals surface area contributed by atoms with E-state index in [2.05, 4.69) is 10.2 Å². The van der Waals surface area contributed by atoms with Gasteiger partial charge < -0.3 is 9.90 Å². The summed E-state index contributed by atoms with van der Waals surface area (Å²) in [4.78, 5) is 10.0. The first kappa shape index (κ1) is 11.4. The minimum absolute atomic E-state index is 0. The number of carboxylic acids is 1. The van der Waals surface area contributed by atoms with Crippen molar-refractivity contribution in [2.24, 2.45) is 0 Å². The van der Waals surface area contributed by atoms with Crippen LogP contribution in [0.2, 0.25) is 5.15 Å². The molecule has 4 nitrogen and oxygen atoms in total. The van der Waals surface area contributed by atoms with Crippen LogP contribution in [0.5, 0.6) is 0 Å². The summed E-state index contributed by atoms with van der Waals surface area (Å²) in [5, 5.41) is 17.3. The van der Waals surface area contributed by atoms with E-state index in [-0.39, 0.29) is 30.4 Å². The van der Waals surface area contributed by atoms with Crippen LogP contribution in [0.1, 0.15) is 5.69 Å². The summed E-state index contributed by atoms with van der Waals surface area (Å²) >= 11 is 5.41. The summed E-state index contributed by atoms with van der Waals surface area (Å²) in [7, 11) is 0. The third kappa shape index (κ3) is 3.72. The summed E-state index contributed by atoms with van der Waals surface area (Å²) in [5.41, 5.74) is 0.342. The van der Waals surface area contributed by atoms with Gasteiger partial charge in [-0.3, -0.25) is 0 Å². The first-order valence-electron chi connectivity index (χ1n) is 2.86. The van der Waals surface area contributed by atoms with Gasteiger partial charge in [0.1, 0.15) is 0 Å². The molecule has 0 saturated carbocycles. The number of carbonyl (C=O) groups excluding carboxylic acids is 1. The van der Waals surface area contributed by atoms with Crippen LogP contribution in [-0.4, -0.2) is 16.2 Å². The molecule has 12 heavy (non-hydrogen) atoms. The Balaban J connectivity index is 0.00000121. The number of aromatic nitrogens is 2. The number of rotatable bonds is 2. The average Bonchev–Trinajstić information content (AvgIpc) is 1.93. The molecule has 0 aliphatic carbocycles. The molecular formula is C6H4ClLiN2O2. The molecule has 0 atom stereocenters. The van der Waals surface area contributed by atoms with Gasteiger partial charge in [-0.1, -0.05) is 11.6 Å². The molecule has 0 aliphatic rings. The van der Waals surface area contributed by atoms with Gasteiger partial charge in [0.2, 0.25) is 0 Å². The molecule has 0 aliphatic heterocycles. The van der Waals surface area contributed by atoms with E-state index >= 15 is 0 Å². The largest absolute Gasteiger partial charge is 1.00 e. The first-order valence-corrected chi connectivity index (χ1v) is 3.24. The van der Waals surface area contributed by atoms with Gasteiger partial charge in [0, 0.05) is 12.4 Å². The molecule has 6 heteroatoms. The van der Waals surface area contributed by atoms with Crippen LogP contribution in [-0.2, 0) is 11.2 Å². The second-order valence-electron chi connectivity index (χ2n) is 1.90. The fraction of sp³-hybridized carbons (Fsp3) is 0.167. The molecule has 0 saturated heterocycles. The minimum atomic E-state index is -1.18. The molecule has 58 valence electrons. The van der Waals surface area contributed by atoms with E-state index in [1.807, 2.05) is 0 Å². The Labute approximate surface area is 86.1 Å². The normalized spacial score (nSPS) is 8.75. The van der Waals surface area contributed by atoms with Crippen molar-refractivity contribution in [2.45, 2.75) is 6.42 Å². The van der Waals surface area contributed by atoms with Crippen molar-refractivity contribution in [1.29, 1.82) is 0 Å². The minimum Gasteiger partial charge on any atom is -0.550 e. The zero-order valence-electron chi connectivity index (χ0n) is 6.45. The van der Waals surface area contributed by atoms with Crippen LogP contribution in [0.25, 0.3) is 0 Å². The second kappa shape index (κ2) is 5.15. The van der Waals surface area contributed by atoms with Crippen LogP contribution in [0, 0.1) is 0 Å². The Bertz CT molecular complexity index is 265. The Morgan fingerprint density at radius 3 is 2.58 bits per heavy atom. The van der Waals surface area contributed by atoms with Gasteiger partial charge in [0.05, 0.1) is 5.69 Å². The van der Waals surface area contributed by atoms with Crippen molar-refractivity contribution in [3.05, 3.63) is 23.0 Å². The van der Waals surface area contributed by atoms with Crippen molar-refractivity contribution in [3.8, 4) is 0 Å². The van der Waals surface area contributed by atoms with Crippen LogP contribution < -0.4 is 24.0 Å². The van der Waals surface area contributed by atoms with E-state index in [1.165, 1.54) is 12.1 Å². The summed E-state index contributed by atoms with van der Waals surface area (Å²) < 4.78 is 0. The number of hydrogen-bond acceptors (Lipinski definition) is 4. The van der Waals surface area contributed by atoms with Crippen molar-refractivity contribution < 1.29 is 28.8 Å². The predicted molar refractivity (Wildman–Crippen MR) is 35.8 cm³/mol. The van der Waals surface area contributed by atoms with Crippen molar-refractivity contribution >= 4 is 17.6 Å². The van der Waals surface area contributed by atoms with Crippen molar-refractivity contribution in [2.75, 3.05) is 0 Å². The fourth-order valence-electron chi connectivity index (χ4n) is 0.586. The molecule has 1 rings (SSSR count). The maximum atomic E-state index is 10.0. The Hall–Kier alpha value is -0.563. The third-order valence-electron chi connectivity index (χ3n) is 1.01. The third-order valence-corrected chi connectivity index (χ3v) is 1.21. The Morgan fingerprint density at radius 1 is 1.50 bits per heavy atom. The van der Waals surface area contributed by atoms with Crippen LogP contribution in [0.4, 0.5) is 0 Å². The van der Waals surface area contributed by atoms with Gasteiger partial charge in [-0.15, -0.1) is 5.10 Å². The SMILES string of the molecule is O=C([O-])Cc1ccc(Cl)nn1.[Li+]. The maximum Gasteiger partial charge on any atom is 1.00 e. The first-order chi connectivity index (χ1) is 5.18. The summed E-state index contributed by atoms with van der Waals surface area (Å²) in [5.74, 6) is -1.18. The molecule has 0 spiro atoms. The number of carboxylic acid groups (broad SMARTS) is 1. The number of nitrogens with zero attached hydrogens (tertiary/aromatic N) is 2. The number of halogens is 1. The molecule has 0 N–H and O–H groups in total. The van der Waals surface area contributed by atoms with E-state index in [0.29, 0.717) is 5.69 Å². The molecule has 0 amide bonds.